The molecule has 0 aromatic heterocycles. The highest BCUT2D eigenvalue weighted by molar-refractivity contribution is 9.10. The van der Waals surface area contributed by atoms with Crippen LogP contribution in [0.15, 0.2) is 22.7 Å². The molecule has 0 saturated heterocycles. The van der Waals surface area contributed by atoms with Gasteiger partial charge in [-0.2, -0.15) is 0 Å². The summed E-state index contributed by atoms with van der Waals surface area (Å²) in [4.78, 5) is 15.7. The number of hydrogen-bond acceptors (Lipinski definition) is 3. The van der Waals surface area contributed by atoms with E-state index in [9.17, 15) is 4.79 Å². The molecule has 1 aromatic carbocycles. The van der Waals surface area contributed by atoms with Crippen molar-refractivity contribution < 1.29 is 4.79 Å². The average molecular weight is 313 g/mol. The van der Waals surface area contributed by atoms with Crippen molar-refractivity contribution in [3.63, 3.8) is 0 Å². The molecule has 0 N–H and O–H groups in total. The standard InChI is InChI=1S/C14H21BrN2O/c1-11(18)12-6-7-14(13(15)10-12)17(4)9-5-8-16(2)3/h6-7,10H,5,8-9H2,1-4H3. The zero-order valence-electron chi connectivity index (χ0n) is 11.5. The van der Waals surface area contributed by atoms with Crippen molar-refractivity contribution in [2.45, 2.75) is 13.3 Å². The van der Waals surface area contributed by atoms with E-state index in [1.165, 1.54) is 0 Å². The fourth-order valence-electron chi connectivity index (χ4n) is 1.78. The van der Waals surface area contributed by atoms with Gasteiger partial charge in [-0.05, 0) is 68.1 Å². The summed E-state index contributed by atoms with van der Waals surface area (Å²) in [6, 6.07) is 5.77. The third-order valence-corrected chi connectivity index (χ3v) is 3.50. The van der Waals surface area contributed by atoms with Gasteiger partial charge < -0.3 is 9.80 Å². The second-order valence-electron chi connectivity index (χ2n) is 4.80. The van der Waals surface area contributed by atoms with Gasteiger partial charge >= 0.3 is 0 Å². The zero-order valence-corrected chi connectivity index (χ0v) is 13.1. The number of hydrogen-bond donors (Lipinski definition) is 0. The molecule has 0 unspecified atom stereocenters. The Bertz CT molecular complexity index is 418. The molecule has 0 saturated carbocycles. The lowest BCUT2D eigenvalue weighted by molar-refractivity contribution is 0.101. The normalized spacial score (nSPS) is 10.8. The first-order chi connectivity index (χ1) is 8.41. The Morgan fingerprint density at radius 2 is 1.89 bits per heavy atom. The van der Waals surface area contributed by atoms with Gasteiger partial charge in [0, 0.05) is 23.6 Å². The van der Waals surface area contributed by atoms with Gasteiger partial charge in [-0.1, -0.05) is 0 Å². The van der Waals surface area contributed by atoms with Crippen LogP contribution in [0.4, 0.5) is 5.69 Å². The monoisotopic (exact) mass is 312 g/mol. The molecule has 100 valence electrons. The highest BCUT2D eigenvalue weighted by atomic mass is 79.9. The van der Waals surface area contributed by atoms with Gasteiger partial charge in [-0.3, -0.25) is 4.79 Å². The lowest BCUT2D eigenvalue weighted by Gasteiger charge is -2.22. The smallest absolute Gasteiger partial charge is 0.159 e. The summed E-state index contributed by atoms with van der Waals surface area (Å²) in [6.45, 7) is 3.66. The summed E-state index contributed by atoms with van der Waals surface area (Å²) >= 11 is 3.53. The molecule has 18 heavy (non-hydrogen) atoms. The molecule has 0 aliphatic heterocycles. The Balaban J connectivity index is 2.68. The number of rotatable bonds is 6. The van der Waals surface area contributed by atoms with Crippen LogP contribution in [0, 0.1) is 0 Å². The van der Waals surface area contributed by atoms with Gasteiger partial charge in [0.25, 0.3) is 0 Å². The SMILES string of the molecule is CC(=O)c1ccc(N(C)CCCN(C)C)c(Br)c1. The fraction of sp³-hybridized carbons (Fsp3) is 0.500. The summed E-state index contributed by atoms with van der Waals surface area (Å²) in [7, 11) is 6.23. The van der Waals surface area contributed by atoms with E-state index in [1.807, 2.05) is 18.2 Å². The Morgan fingerprint density at radius 3 is 2.39 bits per heavy atom. The van der Waals surface area contributed by atoms with Crippen molar-refractivity contribution in [1.29, 1.82) is 0 Å². The van der Waals surface area contributed by atoms with Gasteiger partial charge in [0.1, 0.15) is 0 Å². The first-order valence-corrected chi connectivity index (χ1v) is 6.87. The minimum absolute atomic E-state index is 0.0949. The van der Waals surface area contributed by atoms with Crippen LogP contribution in [-0.4, -0.2) is 44.9 Å². The Morgan fingerprint density at radius 1 is 1.22 bits per heavy atom. The van der Waals surface area contributed by atoms with Crippen molar-refractivity contribution in [2.24, 2.45) is 0 Å². The third-order valence-electron chi connectivity index (χ3n) is 2.86. The molecule has 0 aliphatic carbocycles. The predicted molar refractivity (Wildman–Crippen MR) is 80.6 cm³/mol. The van der Waals surface area contributed by atoms with E-state index in [0.29, 0.717) is 0 Å². The van der Waals surface area contributed by atoms with Crippen LogP contribution in [0.3, 0.4) is 0 Å². The van der Waals surface area contributed by atoms with E-state index < -0.39 is 0 Å². The third kappa shape index (κ3) is 4.42. The number of ketones is 1. The molecule has 4 heteroatoms. The first kappa shape index (κ1) is 15.2. The maximum atomic E-state index is 11.3. The summed E-state index contributed by atoms with van der Waals surface area (Å²) in [5, 5.41) is 0. The molecule has 0 fully saturated rings. The number of nitrogens with zero attached hydrogens (tertiary/aromatic N) is 2. The van der Waals surface area contributed by atoms with E-state index in [-0.39, 0.29) is 5.78 Å². The van der Waals surface area contributed by atoms with Crippen molar-refractivity contribution in [1.82, 2.24) is 4.90 Å². The van der Waals surface area contributed by atoms with Gasteiger partial charge in [0.15, 0.2) is 5.78 Å². The molecule has 1 aromatic rings. The molecule has 0 bridgehead atoms. The fourth-order valence-corrected chi connectivity index (χ4v) is 2.46. The summed E-state index contributed by atoms with van der Waals surface area (Å²) in [5.74, 6) is 0.0949. The second kappa shape index (κ2) is 6.90. The minimum atomic E-state index is 0.0949. The highest BCUT2D eigenvalue weighted by Gasteiger charge is 2.08. The lowest BCUT2D eigenvalue weighted by Crippen LogP contribution is -2.23. The van der Waals surface area contributed by atoms with E-state index in [1.54, 1.807) is 6.92 Å². The molecule has 0 heterocycles. The molecular formula is C14H21BrN2O. The number of anilines is 1. The molecule has 0 atom stereocenters. The van der Waals surface area contributed by atoms with Crippen LogP contribution in [0.2, 0.25) is 0 Å². The molecule has 3 nitrogen and oxygen atoms in total. The van der Waals surface area contributed by atoms with E-state index in [0.717, 1.165) is 35.2 Å². The molecule has 0 aliphatic rings. The average Bonchev–Trinajstić information content (AvgIpc) is 2.27. The van der Waals surface area contributed by atoms with Gasteiger partial charge in [0.2, 0.25) is 0 Å². The van der Waals surface area contributed by atoms with Crippen LogP contribution in [0.1, 0.15) is 23.7 Å². The van der Waals surface area contributed by atoms with Gasteiger partial charge in [-0.15, -0.1) is 0 Å². The van der Waals surface area contributed by atoms with E-state index in [2.05, 4.69) is 46.9 Å². The van der Waals surface area contributed by atoms with Gasteiger partial charge in [-0.25, -0.2) is 0 Å². The number of carbonyl (C=O) groups is 1. The van der Waals surface area contributed by atoms with Crippen LogP contribution in [-0.2, 0) is 0 Å². The Hall–Kier alpha value is -0.870. The molecule has 0 radical (unpaired) electrons. The highest BCUT2D eigenvalue weighted by Crippen LogP contribution is 2.26. The number of halogens is 1. The zero-order chi connectivity index (χ0) is 13.7. The quantitative estimate of drug-likeness (QED) is 0.754. The van der Waals surface area contributed by atoms with Gasteiger partial charge in [0.05, 0.1) is 5.69 Å². The van der Waals surface area contributed by atoms with Crippen molar-refractivity contribution in [3.8, 4) is 0 Å². The van der Waals surface area contributed by atoms with E-state index >= 15 is 0 Å². The number of carbonyl (C=O) groups excluding carboxylic acids is 1. The molecular weight excluding hydrogens is 292 g/mol. The summed E-state index contributed by atoms with van der Waals surface area (Å²) in [5.41, 5.74) is 1.87. The van der Waals surface area contributed by atoms with Crippen LogP contribution in [0.25, 0.3) is 0 Å². The van der Waals surface area contributed by atoms with Crippen LogP contribution in [0.5, 0.6) is 0 Å². The maximum absolute atomic E-state index is 11.3. The van der Waals surface area contributed by atoms with Crippen LogP contribution >= 0.6 is 15.9 Å². The number of benzene rings is 1. The summed E-state index contributed by atoms with van der Waals surface area (Å²) < 4.78 is 0.975. The summed E-state index contributed by atoms with van der Waals surface area (Å²) in [6.07, 6.45) is 1.12. The molecule has 0 spiro atoms. The maximum Gasteiger partial charge on any atom is 0.159 e. The Kier molecular flexibility index (Phi) is 5.82. The van der Waals surface area contributed by atoms with Crippen molar-refractivity contribution in [2.75, 3.05) is 39.1 Å². The minimum Gasteiger partial charge on any atom is -0.374 e. The predicted octanol–water partition coefficient (Wildman–Crippen LogP) is 3.04. The largest absolute Gasteiger partial charge is 0.374 e. The topological polar surface area (TPSA) is 23.6 Å². The van der Waals surface area contributed by atoms with E-state index in [4.69, 9.17) is 0 Å². The second-order valence-corrected chi connectivity index (χ2v) is 5.66. The Labute approximate surface area is 118 Å². The lowest BCUT2D eigenvalue weighted by atomic mass is 10.1. The molecule has 0 amide bonds. The van der Waals surface area contributed by atoms with Crippen molar-refractivity contribution >= 4 is 27.4 Å². The van der Waals surface area contributed by atoms with Crippen LogP contribution < -0.4 is 4.90 Å². The first-order valence-electron chi connectivity index (χ1n) is 6.08. The number of Topliss-reactive ketones (excluding diaryl/α,β-unsaturated/α-hetero) is 1. The molecule has 1 rings (SSSR count). The van der Waals surface area contributed by atoms with Crippen molar-refractivity contribution in [3.05, 3.63) is 28.2 Å².